The van der Waals surface area contributed by atoms with Crippen LogP contribution in [0, 0.1) is 0 Å². The number of carbonyl (C=O) groups excluding carboxylic acids is 1. The predicted molar refractivity (Wildman–Crippen MR) is 67.8 cm³/mol. The molecule has 6 heteroatoms. The van der Waals surface area contributed by atoms with Crippen LogP contribution in [0.15, 0.2) is 6.33 Å². The molecule has 0 radical (unpaired) electrons. The molecule has 18 heavy (non-hydrogen) atoms. The molecule has 2 N–H and O–H groups in total. The Morgan fingerprint density at radius 1 is 1.56 bits per heavy atom. The summed E-state index contributed by atoms with van der Waals surface area (Å²) in [7, 11) is 0. The van der Waals surface area contributed by atoms with Crippen LogP contribution < -0.4 is 10.6 Å². The van der Waals surface area contributed by atoms with Crippen molar-refractivity contribution in [3.05, 3.63) is 12.2 Å². The van der Waals surface area contributed by atoms with Crippen molar-refractivity contribution >= 4 is 5.91 Å². The number of aromatic nitrogens is 3. The standard InChI is InChI=1S/C12H21N5O/c1-2-7-17-11(14-9-15-17)8-13-6-5-12(18)16-10-3-4-10/h9-10,13H,2-8H2,1H3,(H,16,18). The smallest absolute Gasteiger partial charge is 0.221 e. The van der Waals surface area contributed by atoms with Gasteiger partial charge >= 0.3 is 0 Å². The number of rotatable bonds is 8. The molecule has 6 nitrogen and oxygen atoms in total. The van der Waals surface area contributed by atoms with E-state index in [9.17, 15) is 4.79 Å². The molecule has 0 unspecified atom stereocenters. The molecule has 1 aromatic rings. The first-order valence-electron chi connectivity index (χ1n) is 6.66. The molecule has 0 aromatic carbocycles. The van der Waals surface area contributed by atoms with Gasteiger partial charge in [-0.05, 0) is 19.3 Å². The summed E-state index contributed by atoms with van der Waals surface area (Å²) in [5.74, 6) is 1.07. The maximum atomic E-state index is 11.4. The van der Waals surface area contributed by atoms with Crippen LogP contribution in [0.5, 0.6) is 0 Å². The zero-order valence-corrected chi connectivity index (χ0v) is 10.9. The number of nitrogens with zero attached hydrogens (tertiary/aromatic N) is 3. The number of amides is 1. The van der Waals surface area contributed by atoms with Gasteiger partial charge in [0.2, 0.25) is 5.91 Å². The topological polar surface area (TPSA) is 71.8 Å². The van der Waals surface area contributed by atoms with Gasteiger partial charge in [0, 0.05) is 25.6 Å². The second kappa shape index (κ2) is 6.49. The molecule has 100 valence electrons. The highest BCUT2D eigenvalue weighted by atomic mass is 16.1. The molecule has 1 heterocycles. The second-order valence-electron chi connectivity index (χ2n) is 4.67. The predicted octanol–water partition coefficient (Wildman–Crippen LogP) is 0.446. The highest BCUT2D eigenvalue weighted by Gasteiger charge is 2.22. The van der Waals surface area contributed by atoms with Crippen LogP contribution in [0.2, 0.25) is 0 Å². The van der Waals surface area contributed by atoms with Crippen LogP contribution in [0.25, 0.3) is 0 Å². The van der Waals surface area contributed by atoms with Crippen LogP contribution in [-0.4, -0.2) is 33.3 Å². The minimum absolute atomic E-state index is 0.139. The van der Waals surface area contributed by atoms with Crippen molar-refractivity contribution in [3.8, 4) is 0 Å². The maximum Gasteiger partial charge on any atom is 0.221 e. The molecule has 0 spiro atoms. The quantitative estimate of drug-likeness (QED) is 0.658. The largest absolute Gasteiger partial charge is 0.353 e. The van der Waals surface area contributed by atoms with Crippen LogP contribution in [0.3, 0.4) is 0 Å². The van der Waals surface area contributed by atoms with Gasteiger partial charge in [0.15, 0.2) is 0 Å². The lowest BCUT2D eigenvalue weighted by atomic mass is 10.4. The summed E-state index contributed by atoms with van der Waals surface area (Å²) in [6.07, 6.45) is 5.42. The third-order valence-electron chi connectivity index (χ3n) is 2.89. The highest BCUT2D eigenvalue weighted by molar-refractivity contribution is 5.76. The molecule has 0 aliphatic heterocycles. The van der Waals surface area contributed by atoms with E-state index < -0.39 is 0 Å². The summed E-state index contributed by atoms with van der Waals surface area (Å²) >= 11 is 0. The zero-order valence-electron chi connectivity index (χ0n) is 10.9. The van der Waals surface area contributed by atoms with Crippen LogP contribution in [0.1, 0.15) is 38.4 Å². The SMILES string of the molecule is CCCn1ncnc1CNCCC(=O)NC1CC1. The third kappa shape index (κ3) is 4.10. The lowest BCUT2D eigenvalue weighted by Crippen LogP contribution is -2.29. The van der Waals surface area contributed by atoms with Crippen molar-refractivity contribution in [2.24, 2.45) is 0 Å². The van der Waals surface area contributed by atoms with E-state index in [2.05, 4.69) is 27.6 Å². The summed E-state index contributed by atoms with van der Waals surface area (Å²) < 4.78 is 1.90. The Bertz CT molecular complexity index is 386. The Hall–Kier alpha value is -1.43. The second-order valence-corrected chi connectivity index (χ2v) is 4.67. The van der Waals surface area contributed by atoms with E-state index in [1.54, 1.807) is 6.33 Å². The van der Waals surface area contributed by atoms with Crippen LogP contribution in [0.4, 0.5) is 0 Å². The number of nitrogens with one attached hydrogen (secondary N) is 2. The monoisotopic (exact) mass is 251 g/mol. The molecule has 2 rings (SSSR count). The fourth-order valence-corrected chi connectivity index (χ4v) is 1.75. The van der Waals surface area contributed by atoms with Gasteiger partial charge in [0.05, 0.1) is 6.54 Å². The van der Waals surface area contributed by atoms with Crippen molar-refractivity contribution in [1.29, 1.82) is 0 Å². The number of hydrogen-bond acceptors (Lipinski definition) is 4. The van der Waals surface area contributed by atoms with E-state index in [1.165, 1.54) is 0 Å². The molecule has 1 aromatic heterocycles. The molecular formula is C12H21N5O. The normalized spacial score (nSPS) is 14.7. The lowest BCUT2D eigenvalue weighted by molar-refractivity contribution is -0.121. The molecule has 1 aliphatic rings. The van der Waals surface area contributed by atoms with Gasteiger partial charge in [-0.25, -0.2) is 9.67 Å². The third-order valence-corrected chi connectivity index (χ3v) is 2.89. The Balaban J connectivity index is 1.61. The summed E-state index contributed by atoms with van der Waals surface area (Å²) in [5, 5.41) is 10.3. The molecule has 1 fully saturated rings. The Morgan fingerprint density at radius 2 is 2.39 bits per heavy atom. The van der Waals surface area contributed by atoms with Crippen molar-refractivity contribution < 1.29 is 4.79 Å². The maximum absolute atomic E-state index is 11.4. The first kappa shape index (κ1) is 13.0. The summed E-state index contributed by atoms with van der Waals surface area (Å²) in [6.45, 7) is 4.34. The van der Waals surface area contributed by atoms with Crippen molar-refractivity contribution in [2.45, 2.75) is 51.7 Å². The van der Waals surface area contributed by atoms with Crippen LogP contribution in [-0.2, 0) is 17.9 Å². The van der Waals surface area contributed by atoms with E-state index in [1.807, 2.05) is 4.68 Å². The Labute approximate surface area is 107 Å². The van der Waals surface area contributed by atoms with E-state index in [0.29, 0.717) is 25.6 Å². The van der Waals surface area contributed by atoms with Gasteiger partial charge in [-0.2, -0.15) is 5.10 Å². The van der Waals surface area contributed by atoms with Gasteiger partial charge in [0.1, 0.15) is 12.2 Å². The molecule has 0 saturated heterocycles. The van der Waals surface area contributed by atoms with E-state index in [-0.39, 0.29) is 5.91 Å². The Morgan fingerprint density at radius 3 is 3.11 bits per heavy atom. The number of aryl methyl sites for hydroxylation is 1. The van der Waals surface area contributed by atoms with Gasteiger partial charge in [0.25, 0.3) is 0 Å². The van der Waals surface area contributed by atoms with E-state index in [0.717, 1.165) is 31.6 Å². The van der Waals surface area contributed by atoms with Crippen molar-refractivity contribution in [3.63, 3.8) is 0 Å². The summed E-state index contributed by atoms with van der Waals surface area (Å²) in [5.41, 5.74) is 0. The Kier molecular flexibility index (Phi) is 4.69. The first-order valence-corrected chi connectivity index (χ1v) is 6.66. The van der Waals surface area contributed by atoms with Gasteiger partial charge in [-0.1, -0.05) is 6.92 Å². The minimum atomic E-state index is 0.139. The highest BCUT2D eigenvalue weighted by Crippen LogP contribution is 2.18. The first-order chi connectivity index (χ1) is 8.79. The van der Waals surface area contributed by atoms with E-state index >= 15 is 0 Å². The summed E-state index contributed by atoms with van der Waals surface area (Å²) in [6, 6.07) is 0.449. The average Bonchev–Trinajstić information content (AvgIpc) is 3.05. The molecule has 0 bridgehead atoms. The molecule has 0 atom stereocenters. The zero-order chi connectivity index (χ0) is 12.8. The summed E-state index contributed by atoms with van der Waals surface area (Å²) in [4.78, 5) is 15.6. The van der Waals surface area contributed by atoms with Crippen molar-refractivity contribution in [1.82, 2.24) is 25.4 Å². The number of hydrogen-bond donors (Lipinski definition) is 2. The average molecular weight is 251 g/mol. The van der Waals surface area contributed by atoms with E-state index in [4.69, 9.17) is 0 Å². The molecule has 1 saturated carbocycles. The fraction of sp³-hybridized carbons (Fsp3) is 0.750. The van der Waals surface area contributed by atoms with Gasteiger partial charge < -0.3 is 10.6 Å². The fourth-order valence-electron chi connectivity index (χ4n) is 1.75. The molecular weight excluding hydrogens is 230 g/mol. The van der Waals surface area contributed by atoms with Gasteiger partial charge in [-0.3, -0.25) is 4.79 Å². The molecule has 1 aliphatic carbocycles. The minimum Gasteiger partial charge on any atom is -0.353 e. The van der Waals surface area contributed by atoms with Crippen molar-refractivity contribution in [2.75, 3.05) is 6.54 Å². The van der Waals surface area contributed by atoms with Gasteiger partial charge in [-0.15, -0.1) is 0 Å². The van der Waals surface area contributed by atoms with Crippen LogP contribution >= 0.6 is 0 Å². The number of carbonyl (C=O) groups is 1. The lowest BCUT2D eigenvalue weighted by Gasteiger charge is -2.06. The molecule has 1 amide bonds.